The SMILES string of the molecule is [B]C(O)(OC1=NCN2CC(C)(C)N(C)C2=C1)c1cc(F)cc(F)c1. The number of likely N-dealkylation sites (N-methyl/N-ethyl adjacent to an activating group) is 1. The lowest BCUT2D eigenvalue weighted by molar-refractivity contribution is -0.0782. The number of aliphatic imine (C=N–C) groups is 1. The summed E-state index contributed by atoms with van der Waals surface area (Å²) in [5, 5.41) is 10.3. The molecule has 126 valence electrons. The normalized spacial score (nSPS) is 21.8. The molecule has 2 aliphatic rings. The Bertz CT molecular complexity index is 714. The minimum absolute atomic E-state index is 0.0679. The van der Waals surface area contributed by atoms with Gasteiger partial charge in [-0.1, -0.05) is 0 Å². The predicted octanol–water partition coefficient (Wildman–Crippen LogP) is 1.49. The summed E-state index contributed by atoms with van der Waals surface area (Å²) in [5.74, 6) is -0.735. The summed E-state index contributed by atoms with van der Waals surface area (Å²) in [5.41, 5.74) is -2.70. The minimum Gasteiger partial charge on any atom is -0.451 e. The molecule has 1 unspecified atom stereocenters. The lowest BCUT2D eigenvalue weighted by atomic mass is 9.87. The molecule has 5 nitrogen and oxygen atoms in total. The van der Waals surface area contributed by atoms with Gasteiger partial charge in [0.2, 0.25) is 5.90 Å². The fourth-order valence-corrected chi connectivity index (χ4v) is 2.84. The van der Waals surface area contributed by atoms with E-state index < -0.39 is 17.3 Å². The maximum absolute atomic E-state index is 13.3. The van der Waals surface area contributed by atoms with Crippen LogP contribution in [0.2, 0.25) is 0 Å². The largest absolute Gasteiger partial charge is 0.451 e. The highest BCUT2D eigenvalue weighted by atomic mass is 19.1. The van der Waals surface area contributed by atoms with E-state index in [0.717, 1.165) is 24.5 Å². The Hall–Kier alpha value is -2.09. The maximum Gasteiger partial charge on any atom is 0.216 e. The average molecular weight is 333 g/mol. The molecule has 8 heteroatoms. The van der Waals surface area contributed by atoms with Crippen molar-refractivity contribution in [1.82, 2.24) is 9.80 Å². The molecule has 0 aromatic heterocycles. The van der Waals surface area contributed by atoms with E-state index in [-0.39, 0.29) is 17.0 Å². The van der Waals surface area contributed by atoms with Crippen LogP contribution in [0.1, 0.15) is 19.4 Å². The number of hydrogen-bond donors (Lipinski definition) is 1. The van der Waals surface area contributed by atoms with E-state index in [1.54, 1.807) is 6.08 Å². The molecule has 1 saturated heterocycles. The Kier molecular flexibility index (Phi) is 3.83. The van der Waals surface area contributed by atoms with E-state index in [1.807, 2.05) is 7.05 Å². The fraction of sp³-hybridized carbons (Fsp3) is 0.438. The molecule has 0 aliphatic carbocycles. The van der Waals surface area contributed by atoms with Gasteiger partial charge in [-0.05, 0) is 26.0 Å². The van der Waals surface area contributed by atoms with Gasteiger partial charge >= 0.3 is 0 Å². The van der Waals surface area contributed by atoms with Crippen molar-refractivity contribution in [2.24, 2.45) is 4.99 Å². The molecule has 1 atom stereocenters. The molecule has 1 aromatic carbocycles. The molecular weight excluding hydrogens is 315 g/mol. The summed E-state index contributed by atoms with van der Waals surface area (Å²) in [7, 11) is 7.64. The minimum atomic E-state index is -2.40. The Morgan fingerprint density at radius 2 is 1.92 bits per heavy atom. The summed E-state index contributed by atoms with van der Waals surface area (Å²) >= 11 is 0. The molecule has 2 aliphatic heterocycles. The van der Waals surface area contributed by atoms with E-state index in [9.17, 15) is 13.9 Å². The molecule has 3 rings (SSSR count). The third-order valence-corrected chi connectivity index (χ3v) is 4.34. The van der Waals surface area contributed by atoms with E-state index in [2.05, 4.69) is 28.6 Å². The number of benzene rings is 1. The van der Waals surface area contributed by atoms with Crippen molar-refractivity contribution in [1.29, 1.82) is 0 Å². The first kappa shape index (κ1) is 16.8. The summed E-state index contributed by atoms with van der Waals surface area (Å²) in [6.07, 6.45) is 1.64. The summed E-state index contributed by atoms with van der Waals surface area (Å²) in [6, 6.07) is 2.51. The second-order valence-corrected chi connectivity index (χ2v) is 6.67. The lowest BCUT2D eigenvalue weighted by Crippen LogP contribution is -2.36. The van der Waals surface area contributed by atoms with Crippen LogP contribution in [0.5, 0.6) is 0 Å². The van der Waals surface area contributed by atoms with Gasteiger partial charge in [0.05, 0.1) is 5.54 Å². The molecule has 1 fully saturated rings. The Labute approximate surface area is 140 Å². The van der Waals surface area contributed by atoms with Gasteiger partial charge in [0.25, 0.3) is 0 Å². The number of fused-ring (bicyclic) bond motifs is 1. The molecule has 0 bridgehead atoms. The number of ether oxygens (including phenoxy) is 1. The topological polar surface area (TPSA) is 48.3 Å². The smallest absolute Gasteiger partial charge is 0.216 e. The first-order valence-corrected chi connectivity index (χ1v) is 7.50. The molecule has 0 amide bonds. The third kappa shape index (κ3) is 2.98. The predicted molar refractivity (Wildman–Crippen MR) is 86.0 cm³/mol. The lowest BCUT2D eigenvalue weighted by Gasteiger charge is -2.31. The zero-order valence-electron chi connectivity index (χ0n) is 13.8. The second kappa shape index (κ2) is 5.48. The van der Waals surface area contributed by atoms with Gasteiger partial charge in [0.1, 0.15) is 24.1 Å². The quantitative estimate of drug-likeness (QED) is 0.658. The molecule has 2 heterocycles. The van der Waals surface area contributed by atoms with Crippen LogP contribution in [0, 0.1) is 11.6 Å². The molecule has 1 N–H and O–H groups in total. The van der Waals surface area contributed by atoms with E-state index in [0.29, 0.717) is 12.7 Å². The van der Waals surface area contributed by atoms with Crippen LogP contribution in [-0.4, -0.2) is 54.5 Å². The standard InChI is InChI=1S/C16H18BF2N3O2/c1-15(2)8-22-9-20-13(7-14(22)21(15)3)24-16(17,23)10-4-11(18)6-12(19)5-10/h4-7,23H,8-9H2,1-3H3. The van der Waals surface area contributed by atoms with Crippen molar-refractivity contribution >= 4 is 13.7 Å². The van der Waals surface area contributed by atoms with Gasteiger partial charge in [0, 0.05) is 31.3 Å². The van der Waals surface area contributed by atoms with Gasteiger partial charge in [-0.3, -0.25) is 0 Å². The van der Waals surface area contributed by atoms with Crippen molar-refractivity contribution in [3.8, 4) is 0 Å². The second-order valence-electron chi connectivity index (χ2n) is 6.67. The van der Waals surface area contributed by atoms with Gasteiger partial charge in [-0.15, -0.1) is 0 Å². The average Bonchev–Trinajstić information content (AvgIpc) is 2.68. The molecule has 0 saturated carbocycles. The Morgan fingerprint density at radius 3 is 2.54 bits per heavy atom. The Balaban J connectivity index is 1.83. The van der Waals surface area contributed by atoms with Gasteiger partial charge < -0.3 is 19.6 Å². The summed E-state index contributed by atoms with van der Waals surface area (Å²) in [4.78, 5) is 8.35. The summed E-state index contributed by atoms with van der Waals surface area (Å²) < 4.78 is 32.0. The number of aliphatic hydroxyl groups is 1. The maximum atomic E-state index is 13.3. The first-order chi connectivity index (χ1) is 11.1. The molecule has 2 radical (unpaired) electrons. The number of hydrogen-bond acceptors (Lipinski definition) is 5. The highest BCUT2D eigenvalue weighted by Crippen LogP contribution is 2.32. The third-order valence-electron chi connectivity index (χ3n) is 4.34. The van der Waals surface area contributed by atoms with Crippen molar-refractivity contribution in [2.45, 2.75) is 25.1 Å². The van der Waals surface area contributed by atoms with E-state index in [1.165, 1.54) is 0 Å². The zero-order valence-corrected chi connectivity index (χ0v) is 13.8. The van der Waals surface area contributed by atoms with Crippen molar-refractivity contribution in [3.63, 3.8) is 0 Å². The van der Waals surface area contributed by atoms with Crippen LogP contribution in [0.15, 0.2) is 35.1 Å². The molecule has 24 heavy (non-hydrogen) atoms. The van der Waals surface area contributed by atoms with Crippen LogP contribution < -0.4 is 0 Å². The van der Waals surface area contributed by atoms with E-state index >= 15 is 0 Å². The van der Waals surface area contributed by atoms with Crippen molar-refractivity contribution < 1.29 is 18.6 Å². The first-order valence-electron chi connectivity index (χ1n) is 7.50. The molecular formula is C16H18BF2N3O2. The number of rotatable bonds is 2. The highest BCUT2D eigenvalue weighted by molar-refractivity contribution is 6.14. The van der Waals surface area contributed by atoms with Crippen LogP contribution in [-0.2, 0) is 10.4 Å². The van der Waals surface area contributed by atoms with Crippen LogP contribution in [0.25, 0.3) is 0 Å². The van der Waals surface area contributed by atoms with Gasteiger partial charge in [-0.2, -0.15) is 0 Å². The monoisotopic (exact) mass is 333 g/mol. The van der Waals surface area contributed by atoms with Crippen molar-refractivity contribution in [3.05, 3.63) is 47.3 Å². The van der Waals surface area contributed by atoms with Crippen LogP contribution >= 0.6 is 0 Å². The zero-order chi connectivity index (χ0) is 17.7. The fourth-order valence-electron chi connectivity index (χ4n) is 2.84. The highest BCUT2D eigenvalue weighted by Gasteiger charge is 2.39. The van der Waals surface area contributed by atoms with Crippen LogP contribution in [0.4, 0.5) is 8.78 Å². The van der Waals surface area contributed by atoms with E-state index in [4.69, 9.17) is 12.6 Å². The van der Waals surface area contributed by atoms with Crippen LogP contribution in [0.3, 0.4) is 0 Å². The summed E-state index contributed by atoms with van der Waals surface area (Å²) in [6.45, 7) is 5.35. The molecule has 0 spiro atoms. The number of nitrogens with zero attached hydrogens (tertiary/aromatic N) is 3. The number of halogens is 2. The van der Waals surface area contributed by atoms with Gasteiger partial charge in [0.15, 0.2) is 13.5 Å². The van der Waals surface area contributed by atoms with Gasteiger partial charge in [-0.25, -0.2) is 13.8 Å². The Morgan fingerprint density at radius 1 is 1.29 bits per heavy atom. The molecule has 1 aromatic rings. The van der Waals surface area contributed by atoms with Crippen molar-refractivity contribution in [2.75, 3.05) is 20.3 Å².